The number of rotatable bonds is 5. The highest BCUT2D eigenvalue weighted by Crippen LogP contribution is 2.21. The van der Waals surface area contributed by atoms with Crippen molar-refractivity contribution in [1.29, 1.82) is 0 Å². The lowest BCUT2D eigenvalue weighted by molar-refractivity contribution is 0.454. The van der Waals surface area contributed by atoms with E-state index in [1.807, 2.05) is 11.8 Å². The van der Waals surface area contributed by atoms with Crippen LogP contribution >= 0.6 is 11.8 Å². The van der Waals surface area contributed by atoms with Crippen LogP contribution in [0.1, 0.15) is 12.8 Å². The summed E-state index contributed by atoms with van der Waals surface area (Å²) in [6.07, 6.45) is 3.83. The minimum atomic E-state index is -2.79. The lowest BCUT2D eigenvalue weighted by Crippen LogP contribution is -2.29. The van der Waals surface area contributed by atoms with Crippen LogP contribution in [0.3, 0.4) is 0 Å². The van der Waals surface area contributed by atoms with Crippen LogP contribution < -0.4 is 5.32 Å². The third-order valence-corrected chi connectivity index (χ3v) is 4.42. The second-order valence-corrected chi connectivity index (χ2v) is 7.37. The standard InChI is InChI=1S/C9H19NO2S2/c1-14(11,12)7-4-10-8-9-2-5-13-6-3-9/h9-10H,2-8H2,1H3. The summed E-state index contributed by atoms with van der Waals surface area (Å²) >= 11 is 2.02. The van der Waals surface area contributed by atoms with Gasteiger partial charge in [0.1, 0.15) is 9.84 Å². The maximum atomic E-state index is 10.8. The highest BCUT2D eigenvalue weighted by atomic mass is 32.2. The molecule has 0 aromatic rings. The molecular weight excluding hydrogens is 218 g/mol. The molecule has 84 valence electrons. The van der Waals surface area contributed by atoms with Crippen LogP contribution in [0.4, 0.5) is 0 Å². The predicted molar refractivity (Wildman–Crippen MR) is 62.6 cm³/mol. The van der Waals surface area contributed by atoms with E-state index in [-0.39, 0.29) is 5.75 Å². The van der Waals surface area contributed by atoms with Crippen LogP contribution in [0, 0.1) is 5.92 Å². The van der Waals surface area contributed by atoms with Gasteiger partial charge in [0.25, 0.3) is 0 Å². The van der Waals surface area contributed by atoms with Crippen molar-refractivity contribution < 1.29 is 8.42 Å². The summed E-state index contributed by atoms with van der Waals surface area (Å²) in [5.74, 6) is 3.54. The molecule has 0 amide bonds. The highest BCUT2D eigenvalue weighted by Gasteiger charge is 2.12. The van der Waals surface area contributed by atoms with Gasteiger partial charge in [-0.3, -0.25) is 0 Å². The third kappa shape index (κ3) is 5.88. The highest BCUT2D eigenvalue weighted by molar-refractivity contribution is 7.99. The summed E-state index contributed by atoms with van der Waals surface area (Å²) in [6, 6.07) is 0. The lowest BCUT2D eigenvalue weighted by atomic mass is 10.0. The Kier molecular flexibility index (Phi) is 5.26. The van der Waals surface area contributed by atoms with Crippen molar-refractivity contribution in [3.63, 3.8) is 0 Å². The fourth-order valence-corrected chi connectivity index (χ4v) is 3.23. The molecule has 0 atom stereocenters. The maximum absolute atomic E-state index is 10.8. The van der Waals surface area contributed by atoms with Crippen molar-refractivity contribution in [2.75, 3.05) is 36.6 Å². The van der Waals surface area contributed by atoms with Crippen LogP contribution in [0.2, 0.25) is 0 Å². The molecule has 1 N–H and O–H groups in total. The second kappa shape index (κ2) is 5.98. The summed E-state index contributed by atoms with van der Waals surface area (Å²) in [7, 11) is -2.79. The molecule has 0 aromatic carbocycles. The zero-order valence-corrected chi connectivity index (χ0v) is 10.3. The SMILES string of the molecule is CS(=O)(=O)CCNCC1CCSCC1. The van der Waals surface area contributed by atoms with Crippen LogP contribution in [0.15, 0.2) is 0 Å². The van der Waals surface area contributed by atoms with Gasteiger partial charge < -0.3 is 5.32 Å². The van der Waals surface area contributed by atoms with Gasteiger partial charge in [0, 0.05) is 12.8 Å². The molecule has 1 aliphatic rings. The smallest absolute Gasteiger partial charge is 0.148 e. The fraction of sp³-hybridized carbons (Fsp3) is 1.00. The van der Waals surface area contributed by atoms with Gasteiger partial charge in [0.05, 0.1) is 5.75 Å². The van der Waals surface area contributed by atoms with Gasteiger partial charge in [-0.25, -0.2) is 8.42 Å². The first-order chi connectivity index (χ1) is 6.58. The maximum Gasteiger partial charge on any atom is 0.148 e. The molecule has 0 aliphatic carbocycles. The number of thioether (sulfide) groups is 1. The van der Waals surface area contributed by atoms with Crippen molar-refractivity contribution >= 4 is 21.6 Å². The zero-order chi connectivity index (χ0) is 10.4. The van der Waals surface area contributed by atoms with E-state index in [9.17, 15) is 8.42 Å². The molecule has 0 unspecified atom stereocenters. The molecule has 0 bridgehead atoms. The lowest BCUT2D eigenvalue weighted by Gasteiger charge is -2.21. The Morgan fingerprint density at radius 1 is 1.36 bits per heavy atom. The summed E-state index contributed by atoms with van der Waals surface area (Å²) in [5, 5.41) is 3.22. The van der Waals surface area contributed by atoms with Gasteiger partial charge in [0.15, 0.2) is 0 Å². The molecule has 5 heteroatoms. The molecule has 0 aromatic heterocycles. The van der Waals surface area contributed by atoms with Crippen LogP contribution in [-0.4, -0.2) is 45.0 Å². The van der Waals surface area contributed by atoms with Crippen LogP contribution in [0.5, 0.6) is 0 Å². The Balaban J connectivity index is 2.03. The third-order valence-electron chi connectivity index (χ3n) is 2.42. The van der Waals surface area contributed by atoms with E-state index >= 15 is 0 Å². The van der Waals surface area contributed by atoms with Crippen molar-refractivity contribution in [2.45, 2.75) is 12.8 Å². The van der Waals surface area contributed by atoms with E-state index in [0.29, 0.717) is 6.54 Å². The second-order valence-electron chi connectivity index (χ2n) is 3.89. The van der Waals surface area contributed by atoms with Crippen LogP contribution in [0.25, 0.3) is 0 Å². The first-order valence-electron chi connectivity index (χ1n) is 5.04. The Morgan fingerprint density at radius 2 is 2.00 bits per heavy atom. The number of nitrogens with one attached hydrogen (secondary N) is 1. The zero-order valence-electron chi connectivity index (χ0n) is 8.66. The fourth-order valence-electron chi connectivity index (χ4n) is 1.51. The summed E-state index contributed by atoms with van der Waals surface area (Å²) in [5.41, 5.74) is 0. The van der Waals surface area contributed by atoms with Crippen molar-refractivity contribution in [3.8, 4) is 0 Å². The van der Waals surface area contributed by atoms with E-state index in [2.05, 4.69) is 5.32 Å². The van der Waals surface area contributed by atoms with E-state index in [1.165, 1.54) is 30.6 Å². The number of sulfone groups is 1. The minimum absolute atomic E-state index is 0.258. The Hall–Kier alpha value is 0.260. The quantitative estimate of drug-likeness (QED) is 0.717. The minimum Gasteiger partial charge on any atom is -0.315 e. The molecule has 3 nitrogen and oxygen atoms in total. The van der Waals surface area contributed by atoms with E-state index < -0.39 is 9.84 Å². The summed E-state index contributed by atoms with van der Waals surface area (Å²) in [4.78, 5) is 0. The Morgan fingerprint density at radius 3 is 2.57 bits per heavy atom. The van der Waals surface area contributed by atoms with Crippen molar-refractivity contribution in [3.05, 3.63) is 0 Å². The van der Waals surface area contributed by atoms with E-state index in [0.717, 1.165) is 12.5 Å². The molecule has 14 heavy (non-hydrogen) atoms. The summed E-state index contributed by atoms with van der Waals surface area (Å²) in [6.45, 7) is 1.58. The molecule has 0 radical (unpaired) electrons. The first kappa shape index (κ1) is 12.3. The van der Waals surface area contributed by atoms with Crippen molar-refractivity contribution in [2.24, 2.45) is 5.92 Å². The molecule has 1 saturated heterocycles. The largest absolute Gasteiger partial charge is 0.315 e. The molecular formula is C9H19NO2S2. The molecule has 1 fully saturated rings. The normalized spacial score (nSPS) is 19.8. The topological polar surface area (TPSA) is 46.2 Å². The molecule has 1 aliphatic heterocycles. The number of hydrogen-bond donors (Lipinski definition) is 1. The number of hydrogen-bond acceptors (Lipinski definition) is 4. The van der Waals surface area contributed by atoms with Gasteiger partial charge in [-0.05, 0) is 36.8 Å². The predicted octanol–water partition coefficient (Wildman–Crippen LogP) is 0.764. The Bertz CT molecular complexity index is 246. The van der Waals surface area contributed by atoms with Gasteiger partial charge in [-0.15, -0.1) is 0 Å². The van der Waals surface area contributed by atoms with Crippen molar-refractivity contribution in [1.82, 2.24) is 5.32 Å². The average molecular weight is 237 g/mol. The Labute approximate surface area is 91.0 Å². The van der Waals surface area contributed by atoms with Gasteiger partial charge in [-0.1, -0.05) is 0 Å². The molecule has 1 rings (SSSR count). The van der Waals surface area contributed by atoms with Crippen LogP contribution in [-0.2, 0) is 9.84 Å². The molecule has 0 spiro atoms. The van der Waals surface area contributed by atoms with E-state index in [4.69, 9.17) is 0 Å². The monoisotopic (exact) mass is 237 g/mol. The first-order valence-corrected chi connectivity index (χ1v) is 8.25. The molecule has 1 heterocycles. The average Bonchev–Trinajstić information content (AvgIpc) is 2.13. The van der Waals surface area contributed by atoms with Gasteiger partial charge in [0.2, 0.25) is 0 Å². The van der Waals surface area contributed by atoms with E-state index in [1.54, 1.807) is 0 Å². The summed E-state index contributed by atoms with van der Waals surface area (Å²) < 4.78 is 21.7. The van der Waals surface area contributed by atoms with Gasteiger partial charge in [-0.2, -0.15) is 11.8 Å². The van der Waals surface area contributed by atoms with Gasteiger partial charge >= 0.3 is 0 Å². The molecule has 0 saturated carbocycles.